The van der Waals surface area contributed by atoms with Gasteiger partial charge in [-0.25, -0.2) is 9.59 Å². The number of hydroxylamine groups is 2. The molecular weight excluding hydrogens is 742 g/mol. The van der Waals surface area contributed by atoms with E-state index in [1.807, 2.05) is 37.3 Å². The molecule has 0 radical (unpaired) electrons. The Morgan fingerprint density at radius 3 is 2.25 bits per heavy atom. The van der Waals surface area contributed by atoms with Crippen LogP contribution in [0.4, 0.5) is 4.79 Å². The summed E-state index contributed by atoms with van der Waals surface area (Å²) < 4.78 is 11.3. The number of aliphatic carboxylic acids is 2. The van der Waals surface area contributed by atoms with E-state index >= 15 is 0 Å². The van der Waals surface area contributed by atoms with E-state index in [4.69, 9.17) is 19.1 Å². The molecule has 0 aliphatic rings. The maximum Gasteiger partial charge on any atom is 0.432 e. The Bertz CT molecular complexity index is 1860. The van der Waals surface area contributed by atoms with E-state index in [0.29, 0.717) is 24.8 Å². The minimum Gasteiger partial charge on any atom is -0.493 e. The summed E-state index contributed by atoms with van der Waals surface area (Å²) in [6.45, 7) is 8.88. The highest BCUT2D eigenvalue weighted by atomic mass is 16.7. The predicted octanol–water partition coefficient (Wildman–Crippen LogP) is 4.82. The van der Waals surface area contributed by atoms with E-state index in [9.17, 15) is 38.7 Å². The molecule has 17 nitrogen and oxygen atoms in total. The summed E-state index contributed by atoms with van der Waals surface area (Å²) in [4.78, 5) is 92.7. The number of benzene rings is 2. The molecule has 3 atom stereocenters. The summed E-state index contributed by atoms with van der Waals surface area (Å²) in [6.07, 6.45) is 1.70. The third-order valence-electron chi connectivity index (χ3n) is 9.00. The third-order valence-corrected chi connectivity index (χ3v) is 9.00. The smallest absolute Gasteiger partial charge is 0.432 e. The molecule has 0 unspecified atom stereocenters. The van der Waals surface area contributed by atoms with Gasteiger partial charge in [-0.2, -0.15) is 5.06 Å². The van der Waals surface area contributed by atoms with E-state index in [1.165, 1.54) is 30.3 Å². The third kappa shape index (κ3) is 13.1. The highest BCUT2D eigenvalue weighted by molar-refractivity contribution is 6.00. The fraction of sp³-hybridized carbons (Fsp3) is 0.425. The molecule has 2 aromatic carbocycles. The van der Waals surface area contributed by atoms with Crippen LogP contribution < -0.4 is 26.0 Å². The molecule has 6 N–H and O–H groups in total. The van der Waals surface area contributed by atoms with Crippen LogP contribution in [0.1, 0.15) is 99.6 Å². The number of carboxylic acid groups (broad SMARTS) is 2. The van der Waals surface area contributed by atoms with Crippen LogP contribution in [0.5, 0.6) is 5.75 Å². The number of nitrogens with one attached hydrogen (secondary N) is 4. The van der Waals surface area contributed by atoms with Crippen LogP contribution in [0, 0.1) is 5.92 Å². The normalized spacial score (nSPS) is 12.6. The van der Waals surface area contributed by atoms with Gasteiger partial charge in [0.25, 0.3) is 11.8 Å². The van der Waals surface area contributed by atoms with Gasteiger partial charge in [-0.05, 0) is 63.4 Å². The fourth-order valence-electron chi connectivity index (χ4n) is 6.02. The van der Waals surface area contributed by atoms with Crippen molar-refractivity contribution in [3.63, 3.8) is 0 Å². The van der Waals surface area contributed by atoms with Crippen LogP contribution in [0.15, 0.2) is 65.1 Å². The van der Waals surface area contributed by atoms with Gasteiger partial charge in [-0.1, -0.05) is 69.5 Å². The molecule has 0 aliphatic carbocycles. The van der Waals surface area contributed by atoms with E-state index in [-0.39, 0.29) is 42.5 Å². The van der Waals surface area contributed by atoms with E-state index < -0.39 is 65.7 Å². The van der Waals surface area contributed by atoms with Crippen molar-refractivity contribution >= 4 is 42.2 Å². The summed E-state index contributed by atoms with van der Waals surface area (Å²) in [5.74, 6) is -5.52. The first kappa shape index (κ1) is 45.0. The second-order valence-electron chi connectivity index (χ2n) is 13.5. The number of carbonyl (C=O) groups is 7. The number of furan rings is 1. The largest absolute Gasteiger partial charge is 0.493 e. The lowest BCUT2D eigenvalue weighted by molar-refractivity contribution is -0.169. The van der Waals surface area contributed by atoms with Crippen LogP contribution in [0.25, 0.3) is 11.3 Å². The van der Waals surface area contributed by atoms with E-state index in [1.54, 1.807) is 27.7 Å². The Morgan fingerprint density at radius 2 is 1.63 bits per heavy atom. The molecule has 1 aromatic heterocycles. The van der Waals surface area contributed by atoms with Crippen molar-refractivity contribution < 1.29 is 57.8 Å². The number of carbonyl (C=O) groups excluding carboxylic acids is 5. The molecule has 308 valence electrons. The quantitative estimate of drug-likeness (QED) is 0.0328. The number of ether oxygens (including phenoxy) is 1. The zero-order valence-electron chi connectivity index (χ0n) is 32.7. The summed E-state index contributed by atoms with van der Waals surface area (Å²) in [5.41, 5.74) is 0.351. The molecule has 3 rings (SSSR count). The van der Waals surface area contributed by atoms with Gasteiger partial charge < -0.3 is 45.5 Å². The topological polar surface area (TPSA) is 243 Å². The molecule has 0 aliphatic heterocycles. The fourth-order valence-corrected chi connectivity index (χ4v) is 6.02. The van der Waals surface area contributed by atoms with Crippen LogP contribution in [0.3, 0.4) is 0 Å². The number of nitrogens with zero attached hydrogens (tertiary/aromatic N) is 1. The Morgan fingerprint density at radius 1 is 0.912 bits per heavy atom. The van der Waals surface area contributed by atoms with Crippen molar-refractivity contribution in [3.05, 3.63) is 77.6 Å². The molecule has 5 amide bonds. The molecule has 57 heavy (non-hydrogen) atoms. The number of unbranched alkanes of at least 4 members (excludes halogenated alkanes) is 2. The SMILES string of the molecule is CCCCC[C@@H](C(=O)NCNC(=O)c1ccc(-c2ccc(C(=O)N[C@@H](CC(=O)O)C(=O)O)c(OCC)c2)o1)[C@@H](CC)N(C=O)OC(=O)NC(C)(C)c1ccccc1. The molecule has 0 fully saturated rings. The Hall–Kier alpha value is -6.39. The van der Waals surface area contributed by atoms with Gasteiger partial charge in [0.2, 0.25) is 12.3 Å². The molecule has 0 bridgehead atoms. The highest BCUT2D eigenvalue weighted by Crippen LogP contribution is 2.30. The van der Waals surface area contributed by atoms with Gasteiger partial charge in [-0.3, -0.25) is 24.0 Å². The molecule has 3 aromatic rings. The molecule has 1 heterocycles. The maximum atomic E-state index is 13.6. The minimum atomic E-state index is -1.67. The van der Waals surface area contributed by atoms with Crippen LogP contribution >= 0.6 is 0 Å². The maximum absolute atomic E-state index is 13.6. The Balaban J connectivity index is 1.68. The van der Waals surface area contributed by atoms with Crippen molar-refractivity contribution in [3.8, 4) is 17.1 Å². The predicted molar refractivity (Wildman–Crippen MR) is 206 cm³/mol. The lowest BCUT2D eigenvalue weighted by atomic mass is 9.90. The zero-order chi connectivity index (χ0) is 42.1. The van der Waals surface area contributed by atoms with Crippen molar-refractivity contribution in [2.75, 3.05) is 13.3 Å². The molecular formula is C40H51N5O12. The number of carboxylic acids is 2. The van der Waals surface area contributed by atoms with Crippen LogP contribution in [0.2, 0.25) is 0 Å². The number of hydrogen-bond acceptors (Lipinski definition) is 10. The van der Waals surface area contributed by atoms with Gasteiger partial charge in [-0.15, -0.1) is 0 Å². The Kier molecular flexibility index (Phi) is 17.1. The number of hydrogen-bond donors (Lipinski definition) is 6. The standard InChI is InChI=1S/C40H51N5O12/c1-6-9-11-16-27(30(7-2)45(24-46)57-39(54)44-40(4,5)26-14-12-10-13-15-26)35(49)41-23-42-37(51)32-20-19-31(56-32)25-17-18-28(33(21-25)55-8-3)36(50)43-29(38(52)53)22-34(47)48/h10,12-15,17-21,24,27,29-30H,6-9,11,16,22-23H2,1-5H3,(H,41,49)(H,42,51)(H,43,50)(H,44,54)(H,47,48)(H,52,53)/t27-,29+,30-/m1/s1. The van der Waals surface area contributed by atoms with Gasteiger partial charge in [0.05, 0.1) is 42.8 Å². The van der Waals surface area contributed by atoms with E-state index in [2.05, 4.69) is 21.3 Å². The Labute approximate surface area is 330 Å². The molecule has 0 saturated heterocycles. The van der Waals surface area contributed by atoms with Gasteiger partial charge >= 0.3 is 18.0 Å². The first-order chi connectivity index (χ1) is 27.1. The number of rotatable bonds is 23. The average Bonchev–Trinajstić information content (AvgIpc) is 3.67. The van der Waals surface area contributed by atoms with Crippen molar-refractivity contribution in [2.24, 2.45) is 5.92 Å². The second kappa shape index (κ2) is 21.6. The average molecular weight is 794 g/mol. The monoisotopic (exact) mass is 793 g/mol. The van der Waals surface area contributed by atoms with Crippen molar-refractivity contribution in [2.45, 2.75) is 90.8 Å². The summed E-state index contributed by atoms with van der Waals surface area (Å²) in [5, 5.41) is 29.4. The number of amides is 5. The van der Waals surface area contributed by atoms with E-state index in [0.717, 1.165) is 23.5 Å². The first-order valence-electron chi connectivity index (χ1n) is 18.6. The van der Waals surface area contributed by atoms with Gasteiger partial charge in [0, 0.05) is 5.56 Å². The first-order valence-corrected chi connectivity index (χ1v) is 18.6. The molecule has 0 saturated carbocycles. The van der Waals surface area contributed by atoms with Crippen LogP contribution in [-0.4, -0.2) is 82.8 Å². The lowest BCUT2D eigenvalue weighted by Gasteiger charge is -2.33. The van der Waals surface area contributed by atoms with Crippen LogP contribution in [-0.2, 0) is 29.6 Å². The lowest BCUT2D eigenvalue weighted by Crippen LogP contribution is -2.51. The van der Waals surface area contributed by atoms with Gasteiger partial charge in [0.1, 0.15) is 17.6 Å². The van der Waals surface area contributed by atoms with Crippen molar-refractivity contribution in [1.82, 2.24) is 26.3 Å². The minimum absolute atomic E-state index is 0.0473. The second-order valence-corrected chi connectivity index (χ2v) is 13.5. The summed E-state index contributed by atoms with van der Waals surface area (Å²) in [6, 6.07) is 13.9. The highest BCUT2D eigenvalue weighted by Gasteiger charge is 2.34. The summed E-state index contributed by atoms with van der Waals surface area (Å²) in [7, 11) is 0. The summed E-state index contributed by atoms with van der Waals surface area (Å²) >= 11 is 0. The zero-order valence-corrected chi connectivity index (χ0v) is 32.7. The molecule has 0 spiro atoms. The molecule has 17 heteroatoms. The van der Waals surface area contributed by atoms with Gasteiger partial charge in [0.15, 0.2) is 5.76 Å². The van der Waals surface area contributed by atoms with Crippen molar-refractivity contribution in [1.29, 1.82) is 0 Å².